The molecule has 1 atom stereocenters. The van der Waals surface area contributed by atoms with Crippen LogP contribution in [0.25, 0.3) is 0 Å². The maximum atomic E-state index is 10.1. The second-order valence-corrected chi connectivity index (χ2v) is 7.80. The van der Waals surface area contributed by atoms with Gasteiger partial charge in [-0.3, -0.25) is 0 Å². The summed E-state index contributed by atoms with van der Waals surface area (Å²) in [5.41, 5.74) is -0.774. The molecule has 2 heteroatoms. The van der Waals surface area contributed by atoms with Crippen LogP contribution in [0.1, 0.15) is 110 Å². The van der Waals surface area contributed by atoms with Crippen molar-refractivity contribution in [3.63, 3.8) is 0 Å². The van der Waals surface area contributed by atoms with Crippen LogP contribution in [-0.2, 0) is 0 Å². The predicted octanol–water partition coefficient (Wildman–Crippen LogP) is 7.01. The molecule has 0 aromatic carbocycles. The van der Waals surface area contributed by atoms with Crippen molar-refractivity contribution in [3.05, 3.63) is 0 Å². The summed E-state index contributed by atoms with van der Waals surface area (Å²) in [7, 11) is 0. The Morgan fingerprint density at radius 2 is 1.30 bits per heavy atom. The van der Waals surface area contributed by atoms with Crippen molar-refractivity contribution in [3.8, 4) is 11.8 Å². The van der Waals surface area contributed by atoms with Crippen LogP contribution in [0.3, 0.4) is 0 Å². The molecule has 0 bridgehead atoms. The van der Waals surface area contributed by atoms with Gasteiger partial charge < -0.3 is 5.11 Å². The Kier molecular flexibility index (Phi) is 16.8. The highest BCUT2D eigenvalue weighted by Gasteiger charge is 2.15. The molecule has 136 valence electrons. The van der Waals surface area contributed by atoms with Crippen LogP contribution in [0.2, 0.25) is 0 Å². The molecule has 0 aliphatic rings. The molecule has 0 heterocycles. The van der Waals surface area contributed by atoms with Crippen molar-refractivity contribution >= 4 is 15.9 Å². The van der Waals surface area contributed by atoms with E-state index >= 15 is 0 Å². The third-order valence-electron chi connectivity index (χ3n) is 4.31. The fourth-order valence-electron chi connectivity index (χ4n) is 2.76. The summed E-state index contributed by atoms with van der Waals surface area (Å²) in [4.78, 5) is 0. The van der Waals surface area contributed by atoms with Crippen LogP contribution < -0.4 is 0 Å². The first-order valence-corrected chi connectivity index (χ1v) is 11.0. The van der Waals surface area contributed by atoms with Gasteiger partial charge in [0.2, 0.25) is 0 Å². The van der Waals surface area contributed by atoms with Gasteiger partial charge >= 0.3 is 0 Å². The minimum absolute atomic E-state index is 0.774. The van der Waals surface area contributed by atoms with E-state index in [1.807, 2.05) is 6.92 Å². The van der Waals surface area contributed by atoms with E-state index < -0.39 is 5.60 Å². The molecule has 1 nitrogen and oxygen atoms in total. The number of halogens is 1. The van der Waals surface area contributed by atoms with E-state index in [1.54, 1.807) is 0 Å². The molecule has 0 fully saturated rings. The van der Waals surface area contributed by atoms with Crippen LogP contribution in [0.15, 0.2) is 0 Å². The average molecular weight is 387 g/mol. The van der Waals surface area contributed by atoms with Gasteiger partial charge in [-0.2, -0.15) is 0 Å². The minimum Gasteiger partial charge on any atom is -0.378 e. The Balaban J connectivity index is 3.37. The van der Waals surface area contributed by atoms with Crippen LogP contribution in [-0.4, -0.2) is 16.0 Å². The topological polar surface area (TPSA) is 20.2 Å². The number of hydrogen-bond acceptors (Lipinski definition) is 1. The Hall–Kier alpha value is 0. The number of hydrogen-bond donors (Lipinski definition) is 1. The molecule has 23 heavy (non-hydrogen) atoms. The van der Waals surface area contributed by atoms with E-state index in [4.69, 9.17) is 0 Å². The van der Waals surface area contributed by atoms with Crippen LogP contribution in [0.5, 0.6) is 0 Å². The van der Waals surface area contributed by atoms with Crippen LogP contribution in [0, 0.1) is 11.8 Å². The normalized spacial score (nSPS) is 13.4. The first kappa shape index (κ1) is 23.0. The molecule has 0 amide bonds. The van der Waals surface area contributed by atoms with E-state index in [0.29, 0.717) is 0 Å². The van der Waals surface area contributed by atoms with Crippen molar-refractivity contribution < 1.29 is 5.11 Å². The van der Waals surface area contributed by atoms with Gasteiger partial charge in [-0.15, -0.1) is 5.92 Å². The summed E-state index contributed by atoms with van der Waals surface area (Å²) in [6.07, 6.45) is 18.7. The molecule has 0 aliphatic carbocycles. The van der Waals surface area contributed by atoms with Gasteiger partial charge in [0.05, 0.1) is 0 Å². The lowest BCUT2D eigenvalue weighted by molar-refractivity contribution is 0.109. The molecule has 0 aromatic heterocycles. The zero-order chi connectivity index (χ0) is 17.2. The first-order valence-electron chi connectivity index (χ1n) is 9.91. The van der Waals surface area contributed by atoms with E-state index in [9.17, 15) is 5.11 Å². The number of alkyl halides is 1. The second kappa shape index (κ2) is 16.8. The van der Waals surface area contributed by atoms with Gasteiger partial charge in [0.25, 0.3) is 0 Å². The molecule has 1 unspecified atom stereocenters. The van der Waals surface area contributed by atoms with Gasteiger partial charge in [0.15, 0.2) is 0 Å². The molecular formula is C21H39BrO. The fourth-order valence-corrected chi connectivity index (χ4v) is 3.15. The number of rotatable bonds is 15. The Bertz CT molecular complexity index is 301. The third kappa shape index (κ3) is 18.2. The lowest BCUT2D eigenvalue weighted by atomic mass is 9.98. The first-order chi connectivity index (χ1) is 11.1. The molecule has 1 N–H and O–H groups in total. The maximum Gasteiger partial charge on any atom is 0.122 e. The van der Waals surface area contributed by atoms with Crippen molar-refractivity contribution in [2.24, 2.45) is 0 Å². The number of unbranched alkanes of at least 4 members (excludes halogenated alkanes) is 12. The molecular weight excluding hydrogens is 348 g/mol. The van der Waals surface area contributed by atoms with Crippen LogP contribution in [0.4, 0.5) is 0 Å². The van der Waals surface area contributed by atoms with Gasteiger partial charge in [-0.25, -0.2) is 0 Å². The zero-order valence-electron chi connectivity index (χ0n) is 15.6. The molecule has 0 saturated carbocycles. The molecule has 0 radical (unpaired) electrons. The highest BCUT2D eigenvalue weighted by molar-refractivity contribution is 9.09. The number of aliphatic hydroxyl groups is 1. The Morgan fingerprint density at radius 3 is 1.83 bits per heavy atom. The smallest absolute Gasteiger partial charge is 0.122 e. The van der Waals surface area contributed by atoms with Gasteiger partial charge in [0.1, 0.15) is 5.60 Å². The lowest BCUT2D eigenvalue weighted by Crippen LogP contribution is -2.21. The molecule has 0 aliphatic heterocycles. The summed E-state index contributed by atoms with van der Waals surface area (Å²) in [5.74, 6) is 6.24. The summed E-state index contributed by atoms with van der Waals surface area (Å²) in [5, 5.41) is 11.3. The predicted molar refractivity (Wildman–Crippen MR) is 107 cm³/mol. The quantitative estimate of drug-likeness (QED) is 0.182. The van der Waals surface area contributed by atoms with Gasteiger partial charge in [-0.05, 0) is 32.6 Å². The highest BCUT2D eigenvalue weighted by Crippen LogP contribution is 2.14. The van der Waals surface area contributed by atoms with Gasteiger partial charge in [-0.1, -0.05) is 93.0 Å². The van der Waals surface area contributed by atoms with Crippen LogP contribution >= 0.6 is 15.9 Å². The standard InChI is InChI=1S/C21H39BrO/c1-3-4-15-18-21(2,23)19-16-13-11-9-7-5-6-8-10-12-14-17-20-22/h23H,3-15,17-18,20H2,1-2H3. The Labute approximate surface area is 154 Å². The molecule has 0 aromatic rings. The summed E-state index contributed by atoms with van der Waals surface area (Å²) >= 11 is 3.48. The van der Waals surface area contributed by atoms with Crippen molar-refractivity contribution in [1.29, 1.82) is 0 Å². The van der Waals surface area contributed by atoms with E-state index in [2.05, 4.69) is 34.7 Å². The zero-order valence-corrected chi connectivity index (χ0v) is 17.2. The van der Waals surface area contributed by atoms with Gasteiger partial charge in [0, 0.05) is 11.8 Å². The largest absolute Gasteiger partial charge is 0.378 e. The molecule has 0 saturated heterocycles. The molecule has 0 rings (SSSR count). The fraction of sp³-hybridized carbons (Fsp3) is 0.905. The van der Waals surface area contributed by atoms with Crippen molar-refractivity contribution in [2.45, 2.75) is 116 Å². The average Bonchev–Trinajstić information content (AvgIpc) is 2.52. The Morgan fingerprint density at radius 1 is 0.783 bits per heavy atom. The van der Waals surface area contributed by atoms with Crippen molar-refractivity contribution in [2.75, 3.05) is 5.33 Å². The SMILES string of the molecule is CCCCCC(C)(O)C#CCCCCCCCCCCCCBr. The molecule has 0 spiro atoms. The highest BCUT2D eigenvalue weighted by atomic mass is 79.9. The summed E-state index contributed by atoms with van der Waals surface area (Å²) < 4.78 is 0. The minimum atomic E-state index is -0.774. The lowest BCUT2D eigenvalue weighted by Gasteiger charge is -2.15. The van der Waals surface area contributed by atoms with E-state index in [1.165, 1.54) is 77.0 Å². The van der Waals surface area contributed by atoms with Crippen molar-refractivity contribution in [1.82, 2.24) is 0 Å². The van der Waals surface area contributed by atoms with E-state index in [0.717, 1.165) is 24.6 Å². The second-order valence-electron chi connectivity index (χ2n) is 7.01. The maximum absolute atomic E-state index is 10.1. The third-order valence-corrected chi connectivity index (χ3v) is 4.87. The summed E-state index contributed by atoms with van der Waals surface area (Å²) in [6.45, 7) is 4.04. The van der Waals surface area contributed by atoms with E-state index in [-0.39, 0.29) is 0 Å². The monoisotopic (exact) mass is 386 g/mol. The summed E-state index contributed by atoms with van der Waals surface area (Å²) in [6, 6.07) is 0.